The summed E-state index contributed by atoms with van der Waals surface area (Å²) >= 11 is 0. The number of nitrogens with two attached hydrogens (primary N) is 1. The van der Waals surface area contributed by atoms with Gasteiger partial charge in [0.1, 0.15) is 11.3 Å². The highest BCUT2D eigenvalue weighted by atomic mass is 19.4. The van der Waals surface area contributed by atoms with Crippen molar-refractivity contribution in [2.75, 3.05) is 0 Å². The van der Waals surface area contributed by atoms with Gasteiger partial charge in [0.2, 0.25) is 5.43 Å². The lowest BCUT2D eigenvalue weighted by Crippen LogP contribution is -2.24. The first kappa shape index (κ1) is 19.5. The molecule has 0 radical (unpaired) electrons. The minimum Gasteiger partial charge on any atom is -0.507 e. The van der Waals surface area contributed by atoms with Gasteiger partial charge in [-0.05, 0) is 35.7 Å². The molecule has 1 amide bonds. The van der Waals surface area contributed by atoms with Gasteiger partial charge in [-0.15, -0.1) is 0 Å². The van der Waals surface area contributed by atoms with Gasteiger partial charge in [0.05, 0.1) is 22.2 Å². The van der Waals surface area contributed by atoms with Crippen LogP contribution in [0.2, 0.25) is 0 Å². The highest BCUT2D eigenvalue weighted by Crippen LogP contribution is 2.37. The second kappa shape index (κ2) is 6.70. The number of fused-ring (bicyclic) bond motifs is 1. The zero-order valence-corrected chi connectivity index (χ0v) is 15.0. The second-order valence-electron chi connectivity index (χ2n) is 6.71. The minimum absolute atomic E-state index is 0.0257. The average molecular weight is 390 g/mol. The summed E-state index contributed by atoms with van der Waals surface area (Å²) in [5.74, 6) is -1.69. The molecule has 146 valence electrons. The highest BCUT2D eigenvalue weighted by Gasteiger charge is 2.35. The molecule has 3 N–H and O–H groups in total. The van der Waals surface area contributed by atoms with Crippen LogP contribution in [0.25, 0.3) is 16.6 Å². The monoisotopic (exact) mass is 390 g/mol. The fraction of sp³-hybridized carbons (Fsp3) is 0.200. The van der Waals surface area contributed by atoms with E-state index < -0.39 is 34.4 Å². The average Bonchev–Trinajstić information content (AvgIpc) is 2.60. The van der Waals surface area contributed by atoms with Crippen LogP contribution < -0.4 is 11.2 Å². The van der Waals surface area contributed by atoms with Crippen LogP contribution in [-0.4, -0.2) is 15.6 Å². The number of aromatic nitrogens is 1. The predicted octanol–water partition coefficient (Wildman–Crippen LogP) is 3.94. The maximum Gasteiger partial charge on any atom is 0.418 e. The van der Waals surface area contributed by atoms with Crippen molar-refractivity contribution in [2.45, 2.75) is 25.9 Å². The van der Waals surface area contributed by atoms with Crippen LogP contribution in [0.15, 0.2) is 47.4 Å². The van der Waals surface area contributed by atoms with E-state index in [2.05, 4.69) is 0 Å². The van der Waals surface area contributed by atoms with E-state index in [1.807, 2.05) is 0 Å². The SMILES string of the molecule is CC(C)c1ccc(-n2cc(C(N)=O)c(=O)c3c(O)cccc32)c(C(F)(F)F)c1. The van der Waals surface area contributed by atoms with Crippen LogP contribution in [0.1, 0.15) is 41.3 Å². The molecule has 0 aliphatic carbocycles. The Hall–Kier alpha value is -3.29. The number of hydrogen-bond donors (Lipinski definition) is 2. The lowest BCUT2D eigenvalue weighted by Gasteiger charge is -2.20. The number of pyridine rings is 1. The maximum absolute atomic E-state index is 13.8. The topological polar surface area (TPSA) is 85.3 Å². The number of alkyl halides is 3. The summed E-state index contributed by atoms with van der Waals surface area (Å²) in [6, 6.07) is 7.86. The highest BCUT2D eigenvalue weighted by molar-refractivity contribution is 5.98. The largest absolute Gasteiger partial charge is 0.507 e. The fourth-order valence-corrected chi connectivity index (χ4v) is 3.08. The lowest BCUT2D eigenvalue weighted by atomic mass is 9.98. The van der Waals surface area contributed by atoms with Crippen molar-refractivity contribution in [3.05, 3.63) is 69.5 Å². The van der Waals surface area contributed by atoms with E-state index in [0.717, 1.165) is 16.8 Å². The summed E-state index contributed by atoms with van der Waals surface area (Å²) in [5, 5.41) is 9.81. The summed E-state index contributed by atoms with van der Waals surface area (Å²) < 4.78 is 42.4. The molecule has 0 bridgehead atoms. The van der Waals surface area contributed by atoms with E-state index in [9.17, 15) is 27.9 Å². The molecule has 0 atom stereocenters. The molecule has 1 heterocycles. The van der Waals surface area contributed by atoms with Crippen molar-refractivity contribution in [1.29, 1.82) is 0 Å². The molecule has 0 aliphatic rings. The third-order valence-electron chi connectivity index (χ3n) is 4.53. The van der Waals surface area contributed by atoms with Crippen molar-refractivity contribution in [1.82, 2.24) is 4.57 Å². The number of phenolic OH excluding ortho intramolecular Hbond substituents is 1. The first-order chi connectivity index (χ1) is 13.0. The molecular formula is C20H17F3N2O3. The molecule has 5 nitrogen and oxygen atoms in total. The molecule has 0 fully saturated rings. The smallest absolute Gasteiger partial charge is 0.418 e. The van der Waals surface area contributed by atoms with E-state index in [0.29, 0.717) is 5.56 Å². The first-order valence-electron chi connectivity index (χ1n) is 8.41. The number of aromatic hydroxyl groups is 1. The zero-order valence-electron chi connectivity index (χ0n) is 15.0. The van der Waals surface area contributed by atoms with E-state index in [1.165, 1.54) is 24.3 Å². The van der Waals surface area contributed by atoms with Crippen LogP contribution in [0.5, 0.6) is 5.75 Å². The van der Waals surface area contributed by atoms with Gasteiger partial charge >= 0.3 is 6.18 Å². The molecule has 0 spiro atoms. The van der Waals surface area contributed by atoms with E-state index >= 15 is 0 Å². The lowest BCUT2D eigenvalue weighted by molar-refractivity contribution is -0.137. The number of primary amides is 1. The molecule has 1 aromatic heterocycles. The van der Waals surface area contributed by atoms with Gasteiger partial charge in [0, 0.05) is 6.20 Å². The number of benzene rings is 2. The van der Waals surface area contributed by atoms with Gasteiger partial charge < -0.3 is 15.4 Å². The van der Waals surface area contributed by atoms with Crippen LogP contribution in [0.4, 0.5) is 13.2 Å². The summed E-state index contributed by atoms with van der Waals surface area (Å²) in [7, 11) is 0. The number of carbonyl (C=O) groups excluding carboxylic acids is 1. The van der Waals surface area contributed by atoms with Gasteiger partial charge in [0.15, 0.2) is 0 Å². The van der Waals surface area contributed by atoms with E-state index in [4.69, 9.17) is 5.73 Å². The van der Waals surface area contributed by atoms with Crippen molar-refractivity contribution in [2.24, 2.45) is 5.73 Å². The molecule has 0 saturated heterocycles. The Morgan fingerprint density at radius 2 is 1.86 bits per heavy atom. The van der Waals surface area contributed by atoms with Gasteiger partial charge in [-0.2, -0.15) is 13.2 Å². The number of amides is 1. The van der Waals surface area contributed by atoms with Crippen molar-refractivity contribution < 1.29 is 23.1 Å². The fourth-order valence-electron chi connectivity index (χ4n) is 3.08. The molecular weight excluding hydrogens is 373 g/mol. The Bertz CT molecular complexity index is 1150. The molecule has 3 rings (SSSR count). The summed E-state index contributed by atoms with van der Waals surface area (Å²) in [6.07, 6.45) is -3.70. The van der Waals surface area contributed by atoms with Crippen molar-refractivity contribution in [3.8, 4) is 11.4 Å². The van der Waals surface area contributed by atoms with Crippen LogP contribution >= 0.6 is 0 Å². The third kappa shape index (κ3) is 3.21. The molecule has 0 aliphatic heterocycles. The summed E-state index contributed by atoms with van der Waals surface area (Å²) in [6.45, 7) is 3.54. The van der Waals surface area contributed by atoms with Crippen LogP contribution in [0.3, 0.4) is 0 Å². The van der Waals surface area contributed by atoms with Gasteiger partial charge in [-0.3, -0.25) is 9.59 Å². The van der Waals surface area contributed by atoms with Gasteiger partial charge in [0.25, 0.3) is 5.91 Å². The van der Waals surface area contributed by atoms with Crippen molar-refractivity contribution in [3.63, 3.8) is 0 Å². The first-order valence-corrected chi connectivity index (χ1v) is 8.41. The molecule has 0 saturated carbocycles. The van der Waals surface area contributed by atoms with Gasteiger partial charge in [-0.1, -0.05) is 26.0 Å². The van der Waals surface area contributed by atoms with Gasteiger partial charge in [-0.25, -0.2) is 0 Å². The zero-order chi connectivity index (χ0) is 20.8. The quantitative estimate of drug-likeness (QED) is 0.710. The molecule has 28 heavy (non-hydrogen) atoms. The second-order valence-corrected chi connectivity index (χ2v) is 6.71. The number of carbonyl (C=O) groups is 1. The van der Waals surface area contributed by atoms with Crippen LogP contribution in [-0.2, 0) is 6.18 Å². The summed E-state index contributed by atoms with van der Waals surface area (Å²) in [4.78, 5) is 24.2. The van der Waals surface area contributed by atoms with E-state index in [1.54, 1.807) is 19.9 Å². The normalized spacial score (nSPS) is 11.9. The number of nitrogens with zero attached hydrogens (tertiary/aromatic N) is 1. The Balaban J connectivity index is 2.49. The minimum atomic E-state index is -4.68. The molecule has 3 aromatic rings. The summed E-state index contributed by atoms with van der Waals surface area (Å²) in [5.41, 5.74) is 3.17. The Kier molecular flexibility index (Phi) is 4.66. The number of rotatable bonds is 3. The molecule has 8 heteroatoms. The number of phenols is 1. The standard InChI is InChI=1S/C20H17F3N2O3/c1-10(2)11-6-7-14(13(8-11)20(21,22)23)25-9-12(19(24)28)18(27)17-15(25)4-3-5-16(17)26/h3-10,26H,1-2H3,(H2,24,28). The third-order valence-corrected chi connectivity index (χ3v) is 4.53. The van der Waals surface area contributed by atoms with E-state index in [-0.39, 0.29) is 22.5 Å². The molecule has 0 unspecified atom stereocenters. The maximum atomic E-state index is 13.8. The molecule has 2 aromatic carbocycles. The van der Waals surface area contributed by atoms with Crippen molar-refractivity contribution >= 4 is 16.8 Å². The Labute approximate surface area is 157 Å². The Morgan fingerprint density at radius 1 is 1.18 bits per heavy atom. The predicted molar refractivity (Wildman–Crippen MR) is 98.8 cm³/mol. The van der Waals surface area contributed by atoms with Crippen LogP contribution in [0, 0.1) is 0 Å². The number of hydrogen-bond acceptors (Lipinski definition) is 3. The number of halogens is 3. The Morgan fingerprint density at radius 3 is 2.43 bits per heavy atom.